The summed E-state index contributed by atoms with van der Waals surface area (Å²) in [6.45, 7) is 14.5. The molecule has 3 aromatic rings. The first-order valence-corrected chi connectivity index (χ1v) is 24.9. The fourth-order valence-corrected chi connectivity index (χ4v) is 22.0. The van der Waals surface area contributed by atoms with E-state index in [0.29, 0.717) is 6.04 Å². The first-order chi connectivity index (χ1) is 21.5. The van der Waals surface area contributed by atoms with Crippen LogP contribution in [0.3, 0.4) is 0 Å². The van der Waals surface area contributed by atoms with Crippen LogP contribution in [0, 0.1) is 0 Å². The Morgan fingerprint density at radius 1 is 0.568 bits per heavy atom. The van der Waals surface area contributed by atoms with E-state index in [9.17, 15) is 0 Å². The molecule has 0 spiro atoms. The molecule has 0 radical (unpaired) electrons. The molecular formula is C40H62NPSi2. The highest BCUT2D eigenvalue weighted by molar-refractivity contribution is 7.71. The van der Waals surface area contributed by atoms with E-state index in [2.05, 4.69) is 119 Å². The first-order valence-electron chi connectivity index (χ1n) is 18.3. The molecule has 1 atom stereocenters. The SMILES string of the molecule is CCC[Si](CCC)(CCC)c1cccc(P(NC2CCc3ccccc3C2)c2cccc([Si](CCC)(CCC)CCC)c2)c1. The Morgan fingerprint density at radius 2 is 1.00 bits per heavy atom. The van der Waals surface area contributed by atoms with E-state index in [-0.39, 0.29) is 0 Å². The van der Waals surface area contributed by atoms with Crippen molar-refractivity contribution in [3.05, 3.63) is 83.9 Å². The molecular weight excluding hydrogens is 582 g/mol. The van der Waals surface area contributed by atoms with Crippen molar-refractivity contribution in [2.75, 3.05) is 0 Å². The Kier molecular flexibility index (Phi) is 14.0. The lowest BCUT2D eigenvalue weighted by Crippen LogP contribution is -2.49. The molecule has 1 unspecified atom stereocenters. The van der Waals surface area contributed by atoms with E-state index in [1.54, 1.807) is 32.1 Å². The molecule has 1 N–H and O–H groups in total. The Hall–Kier alpha value is -1.52. The van der Waals surface area contributed by atoms with Gasteiger partial charge >= 0.3 is 0 Å². The van der Waals surface area contributed by atoms with Crippen molar-refractivity contribution < 1.29 is 0 Å². The molecule has 240 valence electrons. The fraction of sp³-hybridized carbons (Fsp3) is 0.550. The maximum absolute atomic E-state index is 4.37. The van der Waals surface area contributed by atoms with Gasteiger partial charge in [0.1, 0.15) is 0 Å². The van der Waals surface area contributed by atoms with Crippen molar-refractivity contribution >= 4 is 45.2 Å². The highest BCUT2D eigenvalue weighted by Gasteiger charge is 2.35. The second-order valence-electron chi connectivity index (χ2n) is 13.8. The maximum atomic E-state index is 4.37. The molecule has 0 saturated carbocycles. The van der Waals surface area contributed by atoms with Crippen LogP contribution in [-0.2, 0) is 12.8 Å². The van der Waals surface area contributed by atoms with Crippen LogP contribution in [0.2, 0.25) is 36.3 Å². The molecule has 1 aliphatic carbocycles. The van der Waals surface area contributed by atoms with Crippen molar-refractivity contribution in [3.63, 3.8) is 0 Å². The lowest BCUT2D eigenvalue weighted by atomic mass is 9.89. The number of aryl methyl sites for hydroxylation is 1. The van der Waals surface area contributed by atoms with Crippen LogP contribution in [0.4, 0.5) is 0 Å². The maximum Gasteiger partial charge on any atom is 0.0867 e. The standard InChI is InChI=1S/C40H62NPSi2/c1-7-25-43(26-8-2,27-9-3)39-21-15-19-37(32-39)42(41-36-24-23-34-17-13-14-18-35(34)31-36)38-20-16-22-40(33-38)44(28-10-4,29-11-5)30-12-6/h13-22,32-33,36,41H,7-12,23-31H2,1-6H3. The third-order valence-electron chi connectivity index (χ3n) is 10.5. The molecule has 3 aromatic carbocycles. The number of hydrogen-bond acceptors (Lipinski definition) is 1. The van der Waals surface area contributed by atoms with Gasteiger partial charge in [-0.05, 0) is 41.0 Å². The summed E-state index contributed by atoms with van der Waals surface area (Å²) in [5, 5.41) is 10.9. The van der Waals surface area contributed by atoms with E-state index in [1.807, 2.05) is 0 Å². The molecule has 4 heteroatoms. The number of nitrogens with one attached hydrogen (secondary N) is 1. The van der Waals surface area contributed by atoms with E-state index in [0.717, 1.165) is 6.42 Å². The first kappa shape index (κ1) is 35.3. The minimum atomic E-state index is -1.53. The van der Waals surface area contributed by atoms with Gasteiger partial charge in [-0.15, -0.1) is 0 Å². The van der Waals surface area contributed by atoms with Crippen molar-refractivity contribution in [1.82, 2.24) is 5.09 Å². The Bertz CT molecular complexity index is 1190. The molecule has 0 aliphatic heterocycles. The lowest BCUT2D eigenvalue weighted by Gasteiger charge is -2.35. The molecule has 1 nitrogen and oxygen atoms in total. The van der Waals surface area contributed by atoms with Gasteiger partial charge < -0.3 is 0 Å². The molecule has 4 rings (SSSR count). The van der Waals surface area contributed by atoms with Crippen LogP contribution < -0.4 is 26.1 Å². The molecule has 0 bridgehead atoms. The third kappa shape index (κ3) is 8.44. The van der Waals surface area contributed by atoms with Gasteiger partial charge in [0.15, 0.2) is 0 Å². The molecule has 0 amide bonds. The minimum absolute atomic E-state index is 0.524. The van der Waals surface area contributed by atoms with Gasteiger partial charge in [-0.1, -0.05) is 200 Å². The average Bonchev–Trinajstić information content (AvgIpc) is 3.04. The predicted molar refractivity (Wildman–Crippen MR) is 206 cm³/mol. The second-order valence-corrected chi connectivity index (χ2v) is 25.1. The normalized spacial score (nSPS) is 15.5. The average molecular weight is 644 g/mol. The lowest BCUT2D eigenvalue weighted by molar-refractivity contribution is 0.543. The molecule has 44 heavy (non-hydrogen) atoms. The van der Waals surface area contributed by atoms with Crippen LogP contribution in [-0.4, -0.2) is 22.2 Å². The predicted octanol–water partition coefficient (Wildman–Crippen LogP) is 9.95. The summed E-state index contributed by atoms with van der Waals surface area (Å²) in [5.41, 5.74) is 3.11. The summed E-state index contributed by atoms with van der Waals surface area (Å²) in [6, 6.07) is 38.5. The monoisotopic (exact) mass is 643 g/mol. The quantitative estimate of drug-likeness (QED) is 0.107. The van der Waals surface area contributed by atoms with Crippen LogP contribution in [0.25, 0.3) is 0 Å². The molecule has 0 fully saturated rings. The zero-order valence-electron chi connectivity index (χ0n) is 29.1. The van der Waals surface area contributed by atoms with Gasteiger partial charge in [-0.2, -0.15) is 0 Å². The van der Waals surface area contributed by atoms with Crippen molar-refractivity contribution in [2.45, 2.75) is 142 Å². The summed E-state index contributed by atoms with van der Waals surface area (Å²) in [7, 11) is -3.72. The smallest absolute Gasteiger partial charge is 0.0867 e. The second kappa shape index (κ2) is 17.4. The Labute approximate surface area is 274 Å². The summed E-state index contributed by atoms with van der Waals surface area (Å²) in [6.07, 6.45) is 11.4. The minimum Gasteiger partial charge on any atom is -0.285 e. The number of fused-ring (bicyclic) bond motifs is 1. The molecule has 0 heterocycles. The number of hydrogen-bond donors (Lipinski definition) is 1. The summed E-state index contributed by atoms with van der Waals surface area (Å²) in [4.78, 5) is 0. The van der Waals surface area contributed by atoms with Gasteiger partial charge in [0.25, 0.3) is 0 Å². The van der Waals surface area contributed by atoms with Crippen molar-refractivity contribution in [3.8, 4) is 0 Å². The van der Waals surface area contributed by atoms with Crippen LogP contribution in [0.5, 0.6) is 0 Å². The van der Waals surface area contributed by atoms with Crippen LogP contribution in [0.15, 0.2) is 72.8 Å². The highest BCUT2D eigenvalue weighted by Crippen LogP contribution is 2.35. The number of benzene rings is 3. The molecule has 0 aromatic heterocycles. The van der Waals surface area contributed by atoms with Gasteiger partial charge in [0, 0.05) is 14.1 Å². The zero-order chi connectivity index (χ0) is 31.4. The van der Waals surface area contributed by atoms with Crippen molar-refractivity contribution in [2.24, 2.45) is 0 Å². The van der Waals surface area contributed by atoms with Crippen molar-refractivity contribution in [1.29, 1.82) is 0 Å². The van der Waals surface area contributed by atoms with Crippen LogP contribution in [0.1, 0.15) is 97.6 Å². The number of rotatable bonds is 18. The Balaban J connectivity index is 1.81. The van der Waals surface area contributed by atoms with Gasteiger partial charge in [-0.3, -0.25) is 5.09 Å². The largest absolute Gasteiger partial charge is 0.285 e. The van der Waals surface area contributed by atoms with E-state index in [1.165, 1.54) is 87.6 Å². The van der Waals surface area contributed by atoms with E-state index in [4.69, 9.17) is 0 Å². The Morgan fingerprint density at radius 3 is 1.43 bits per heavy atom. The highest BCUT2D eigenvalue weighted by atomic mass is 31.1. The van der Waals surface area contributed by atoms with Crippen LogP contribution >= 0.6 is 8.07 Å². The molecule has 0 saturated heterocycles. The zero-order valence-corrected chi connectivity index (χ0v) is 32.0. The third-order valence-corrected chi connectivity index (χ3v) is 24.5. The molecule has 1 aliphatic rings. The van der Waals surface area contributed by atoms with E-state index < -0.39 is 24.2 Å². The van der Waals surface area contributed by atoms with Gasteiger partial charge in [-0.25, -0.2) is 0 Å². The summed E-state index contributed by atoms with van der Waals surface area (Å²) in [5.74, 6) is 0. The van der Waals surface area contributed by atoms with E-state index >= 15 is 0 Å². The summed E-state index contributed by atoms with van der Waals surface area (Å²) >= 11 is 0. The summed E-state index contributed by atoms with van der Waals surface area (Å²) < 4.78 is 0. The fourth-order valence-electron chi connectivity index (χ4n) is 8.73. The van der Waals surface area contributed by atoms with Gasteiger partial charge in [0.05, 0.1) is 16.1 Å². The van der Waals surface area contributed by atoms with Gasteiger partial charge in [0.2, 0.25) is 0 Å². The topological polar surface area (TPSA) is 12.0 Å².